The van der Waals surface area contributed by atoms with Gasteiger partial charge in [-0.05, 0) is 25.0 Å². The predicted molar refractivity (Wildman–Crippen MR) is 147 cm³/mol. The van der Waals surface area contributed by atoms with E-state index in [2.05, 4.69) is 29.5 Å². The van der Waals surface area contributed by atoms with E-state index in [4.69, 9.17) is 16.3 Å². The number of para-hydroxylation sites is 1. The van der Waals surface area contributed by atoms with Crippen LogP contribution in [0.1, 0.15) is 45.1 Å². The number of ether oxygens (including phenoxy) is 1. The van der Waals surface area contributed by atoms with Gasteiger partial charge in [-0.2, -0.15) is 0 Å². The molecular formula is C27H35Cl2N5O3. The highest BCUT2D eigenvalue weighted by atomic mass is 35.5. The molecule has 1 aromatic carbocycles. The molecule has 10 heteroatoms. The zero-order valence-electron chi connectivity index (χ0n) is 21.3. The number of hydrogen-bond acceptors (Lipinski definition) is 6. The van der Waals surface area contributed by atoms with Crippen molar-refractivity contribution >= 4 is 41.5 Å². The van der Waals surface area contributed by atoms with Gasteiger partial charge in [-0.25, -0.2) is 4.98 Å². The van der Waals surface area contributed by atoms with Crippen molar-refractivity contribution in [1.82, 2.24) is 20.5 Å². The second-order valence-corrected chi connectivity index (χ2v) is 11.0. The fraction of sp³-hybridized carbons (Fsp3) is 0.519. The highest BCUT2D eigenvalue weighted by molar-refractivity contribution is 6.32. The molecule has 0 radical (unpaired) electrons. The summed E-state index contributed by atoms with van der Waals surface area (Å²) in [6.07, 6.45) is 4.65. The highest BCUT2D eigenvalue weighted by Gasteiger charge is 2.39. The minimum Gasteiger partial charge on any atom is -0.437 e. The standard InChI is InChI=1S/C27H34ClN5O3.ClH/c1-27(2)17-33(22-12-24(31-15-20(22)27)36-23-7-4-3-6-21(23)28)26(35)10-9-18-13-30-19(14-29-18)16-32-11-5-8-25(32)34;/h3-4,6-7,12,15,18-19,29-30H,5,8-11,13-14,16-17H2,1-2H3;1H/t18-,19-;/m1./s1. The first-order valence-electron chi connectivity index (χ1n) is 12.8. The number of halogens is 2. The van der Waals surface area contributed by atoms with Crippen molar-refractivity contribution in [3.63, 3.8) is 0 Å². The number of carbonyl (C=O) groups is 2. The molecule has 37 heavy (non-hydrogen) atoms. The number of piperazine rings is 1. The number of hydrogen-bond donors (Lipinski definition) is 2. The summed E-state index contributed by atoms with van der Waals surface area (Å²) in [5.41, 5.74) is 1.71. The number of rotatable bonds is 7. The molecule has 8 nitrogen and oxygen atoms in total. The second kappa shape index (κ2) is 11.6. The van der Waals surface area contributed by atoms with Crippen LogP contribution in [0.2, 0.25) is 5.02 Å². The average molecular weight is 549 g/mol. The molecule has 2 atom stereocenters. The van der Waals surface area contributed by atoms with E-state index in [9.17, 15) is 9.59 Å². The largest absolute Gasteiger partial charge is 0.437 e. The number of fused-ring (bicyclic) bond motifs is 1. The summed E-state index contributed by atoms with van der Waals surface area (Å²) >= 11 is 6.24. The quantitative estimate of drug-likeness (QED) is 0.546. The van der Waals surface area contributed by atoms with Crippen LogP contribution < -0.4 is 20.3 Å². The number of nitrogens with zero attached hydrogens (tertiary/aromatic N) is 3. The van der Waals surface area contributed by atoms with E-state index in [0.29, 0.717) is 36.0 Å². The van der Waals surface area contributed by atoms with Crippen LogP contribution in [0.15, 0.2) is 36.5 Å². The first-order chi connectivity index (χ1) is 17.3. The lowest BCUT2D eigenvalue weighted by Crippen LogP contribution is -2.58. The Kier molecular flexibility index (Phi) is 8.63. The van der Waals surface area contributed by atoms with Crippen LogP contribution in [0.25, 0.3) is 0 Å². The Balaban J connectivity index is 0.00000320. The molecule has 2 amide bonds. The summed E-state index contributed by atoms with van der Waals surface area (Å²) in [4.78, 5) is 33.5. The number of anilines is 1. The van der Waals surface area contributed by atoms with Crippen LogP contribution >= 0.6 is 24.0 Å². The zero-order chi connectivity index (χ0) is 25.3. The fourth-order valence-electron chi connectivity index (χ4n) is 5.35. The molecule has 2 fully saturated rings. The van der Waals surface area contributed by atoms with Gasteiger partial charge in [-0.15, -0.1) is 12.4 Å². The third-order valence-corrected chi connectivity index (χ3v) is 7.72. The van der Waals surface area contributed by atoms with Crippen LogP contribution in [0, 0.1) is 0 Å². The number of carbonyl (C=O) groups excluding carboxylic acids is 2. The lowest BCUT2D eigenvalue weighted by atomic mass is 9.88. The number of pyridine rings is 1. The van der Waals surface area contributed by atoms with Gasteiger partial charge in [0.1, 0.15) is 5.75 Å². The molecular weight excluding hydrogens is 513 g/mol. The summed E-state index contributed by atoms with van der Waals surface area (Å²) in [6.45, 7) is 8.09. The molecule has 0 saturated carbocycles. The van der Waals surface area contributed by atoms with Crippen molar-refractivity contribution in [2.45, 2.75) is 57.0 Å². The minimum atomic E-state index is -0.189. The summed E-state index contributed by atoms with van der Waals surface area (Å²) in [5.74, 6) is 1.31. The first-order valence-corrected chi connectivity index (χ1v) is 13.2. The van der Waals surface area contributed by atoms with Crippen molar-refractivity contribution in [3.8, 4) is 11.6 Å². The van der Waals surface area contributed by atoms with Gasteiger partial charge in [0, 0.05) is 80.9 Å². The third kappa shape index (κ3) is 6.20. The fourth-order valence-corrected chi connectivity index (χ4v) is 5.52. The van der Waals surface area contributed by atoms with E-state index in [-0.39, 0.29) is 41.7 Å². The summed E-state index contributed by atoms with van der Waals surface area (Å²) in [5, 5.41) is 7.63. The Morgan fingerprint density at radius 3 is 2.68 bits per heavy atom. The van der Waals surface area contributed by atoms with E-state index in [1.54, 1.807) is 12.1 Å². The average Bonchev–Trinajstić information content (AvgIpc) is 3.39. The van der Waals surface area contributed by atoms with Gasteiger partial charge in [-0.3, -0.25) is 9.59 Å². The number of benzene rings is 1. The van der Waals surface area contributed by atoms with E-state index >= 15 is 0 Å². The van der Waals surface area contributed by atoms with Crippen LogP contribution in [0.4, 0.5) is 5.69 Å². The monoisotopic (exact) mass is 547 g/mol. The maximum Gasteiger partial charge on any atom is 0.227 e. The van der Waals surface area contributed by atoms with Gasteiger partial charge in [0.05, 0.1) is 10.7 Å². The first kappa shape index (κ1) is 27.6. The Bertz CT molecular complexity index is 1140. The smallest absolute Gasteiger partial charge is 0.227 e. The van der Waals surface area contributed by atoms with Crippen LogP contribution in [-0.4, -0.2) is 66.5 Å². The normalized spacial score (nSPS) is 22.5. The number of aromatic nitrogens is 1. The summed E-state index contributed by atoms with van der Waals surface area (Å²) < 4.78 is 5.93. The molecule has 3 aliphatic heterocycles. The molecule has 4 heterocycles. The van der Waals surface area contributed by atoms with E-state index in [1.807, 2.05) is 34.2 Å². The van der Waals surface area contributed by atoms with Crippen LogP contribution in [-0.2, 0) is 15.0 Å². The molecule has 5 rings (SSSR count). The van der Waals surface area contributed by atoms with E-state index in [1.165, 1.54) is 0 Å². The van der Waals surface area contributed by atoms with Crippen molar-refractivity contribution in [1.29, 1.82) is 0 Å². The Labute approximate surface area is 229 Å². The number of likely N-dealkylation sites (tertiary alicyclic amines) is 1. The predicted octanol–water partition coefficient (Wildman–Crippen LogP) is 3.91. The SMILES string of the molecule is CC1(C)CN(C(=O)CC[C@@H]2CN[C@@H](CN3CCCC3=O)CN2)c2cc(Oc3ccccc3Cl)ncc21.Cl. The maximum absolute atomic E-state index is 13.3. The van der Waals surface area contributed by atoms with Crippen LogP contribution in [0.3, 0.4) is 0 Å². The number of amides is 2. The number of nitrogens with one attached hydrogen (secondary N) is 2. The molecule has 2 N–H and O–H groups in total. The van der Waals surface area contributed by atoms with Gasteiger partial charge in [0.2, 0.25) is 17.7 Å². The van der Waals surface area contributed by atoms with E-state index < -0.39 is 0 Å². The molecule has 200 valence electrons. The summed E-state index contributed by atoms with van der Waals surface area (Å²) in [7, 11) is 0. The molecule has 3 aliphatic rings. The Morgan fingerprint density at radius 2 is 1.97 bits per heavy atom. The van der Waals surface area contributed by atoms with Crippen molar-refractivity contribution in [2.75, 3.05) is 37.6 Å². The van der Waals surface area contributed by atoms with Crippen molar-refractivity contribution in [2.24, 2.45) is 0 Å². The zero-order valence-corrected chi connectivity index (χ0v) is 22.9. The summed E-state index contributed by atoms with van der Waals surface area (Å²) in [6, 6.07) is 9.60. The van der Waals surface area contributed by atoms with Crippen molar-refractivity contribution in [3.05, 3.63) is 47.1 Å². The lowest BCUT2D eigenvalue weighted by molar-refractivity contribution is -0.128. The molecule has 0 aliphatic carbocycles. The Morgan fingerprint density at radius 1 is 1.22 bits per heavy atom. The molecule has 1 aromatic heterocycles. The third-order valence-electron chi connectivity index (χ3n) is 7.41. The maximum atomic E-state index is 13.3. The van der Waals surface area contributed by atoms with Crippen molar-refractivity contribution < 1.29 is 14.3 Å². The van der Waals surface area contributed by atoms with Gasteiger partial charge in [0.15, 0.2) is 0 Å². The molecule has 2 aromatic rings. The molecule has 0 unspecified atom stereocenters. The van der Waals surface area contributed by atoms with Crippen LogP contribution in [0.5, 0.6) is 11.6 Å². The van der Waals surface area contributed by atoms with Gasteiger partial charge in [0.25, 0.3) is 0 Å². The minimum absolute atomic E-state index is 0. The molecule has 0 bridgehead atoms. The topological polar surface area (TPSA) is 86.8 Å². The van der Waals surface area contributed by atoms with Gasteiger partial charge < -0.3 is 25.2 Å². The van der Waals surface area contributed by atoms with Gasteiger partial charge in [-0.1, -0.05) is 37.6 Å². The Hall–Kier alpha value is -2.39. The molecule has 0 spiro atoms. The highest BCUT2D eigenvalue weighted by Crippen LogP contribution is 2.42. The van der Waals surface area contributed by atoms with E-state index in [0.717, 1.165) is 50.3 Å². The lowest BCUT2D eigenvalue weighted by Gasteiger charge is -2.33. The second-order valence-electron chi connectivity index (χ2n) is 10.6. The molecule has 2 saturated heterocycles. The van der Waals surface area contributed by atoms with Gasteiger partial charge >= 0.3 is 0 Å².